The summed E-state index contributed by atoms with van der Waals surface area (Å²) in [5.41, 5.74) is 2.97. The molecule has 7 heteroatoms. The molecule has 2 aliphatic rings. The Balaban J connectivity index is 1.58. The highest BCUT2D eigenvalue weighted by Crippen LogP contribution is 2.40. The number of aromatic nitrogens is 4. The molecule has 122 valence electrons. The van der Waals surface area contributed by atoms with E-state index in [0.717, 1.165) is 36.7 Å². The third-order valence-corrected chi connectivity index (χ3v) is 4.88. The number of amides is 1. The van der Waals surface area contributed by atoms with Crippen LogP contribution in [0.2, 0.25) is 0 Å². The molecule has 2 fully saturated rings. The van der Waals surface area contributed by atoms with Crippen molar-refractivity contribution in [1.82, 2.24) is 24.7 Å². The first-order valence-electron chi connectivity index (χ1n) is 8.35. The van der Waals surface area contributed by atoms with Crippen molar-refractivity contribution in [3.63, 3.8) is 0 Å². The minimum absolute atomic E-state index is 0.270. The van der Waals surface area contributed by atoms with E-state index in [-0.39, 0.29) is 5.91 Å². The molecule has 1 aliphatic heterocycles. The second kappa shape index (κ2) is 5.47. The van der Waals surface area contributed by atoms with E-state index in [9.17, 15) is 4.79 Å². The summed E-state index contributed by atoms with van der Waals surface area (Å²) in [6, 6.07) is 2.15. The fraction of sp³-hybridized carbons (Fsp3) is 0.625. The fourth-order valence-electron chi connectivity index (χ4n) is 3.46. The second-order valence-electron chi connectivity index (χ2n) is 6.71. The van der Waals surface area contributed by atoms with Crippen LogP contribution in [0.25, 0.3) is 5.65 Å². The van der Waals surface area contributed by atoms with Gasteiger partial charge in [-0.1, -0.05) is 0 Å². The van der Waals surface area contributed by atoms with Crippen LogP contribution < -0.4 is 4.90 Å². The first-order valence-corrected chi connectivity index (χ1v) is 8.35. The molecule has 0 bridgehead atoms. The lowest BCUT2D eigenvalue weighted by molar-refractivity contribution is -0.127. The van der Waals surface area contributed by atoms with Crippen LogP contribution in [0.1, 0.15) is 37.8 Å². The summed E-state index contributed by atoms with van der Waals surface area (Å²) in [4.78, 5) is 16.1. The number of likely N-dealkylation sites (tertiary alicyclic amines) is 1. The summed E-state index contributed by atoms with van der Waals surface area (Å²) < 4.78 is 1.78. The molecule has 0 radical (unpaired) electrons. The number of nitrogens with zero attached hydrogens (tertiary/aromatic N) is 6. The summed E-state index contributed by atoms with van der Waals surface area (Å²) in [5, 5.41) is 12.8. The lowest BCUT2D eigenvalue weighted by Crippen LogP contribution is -2.29. The zero-order valence-corrected chi connectivity index (χ0v) is 13.6. The van der Waals surface area contributed by atoms with Crippen molar-refractivity contribution in [2.24, 2.45) is 5.92 Å². The van der Waals surface area contributed by atoms with Crippen LogP contribution in [0.15, 0.2) is 12.4 Å². The molecule has 0 aromatic carbocycles. The molecule has 1 saturated heterocycles. The predicted octanol–water partition coefficient (Wildman–Crippen LogP) is 1.31. The van der Waals surface area contributed by atoms with E-state index in [2.05, 4.69) is 33.3 Å². The molecular weight excluding hydrogens is 292 g/mol. The van der Waals surface area contributed by atoms with Gasteiger partial charge in [-0.2, -0.15) is 9.61 Å². The van der Waals surface area contributed by atoms with E-state index < -0.39 is 0 Å². The Morgan fingerprint density at radius 1 is 1.39 bits per heavy atom. The molecular formula is C16H22N6O. The molecule has 4 rings (SSSR count). The lowest BCUT2D eigenvalue weighted by atomic mass is 10.1. The third kappa shape index (κ3) is 2.64. The first kappa shape index (κ1) is 14.4. The number of hydrogen-bond donors (Lipinski definition) is 0. The van der Waals surface area contributed by atoms with Crippen molar-refractivity contribution in [3.05, 3.63) is 18.1 Å². The molecule has 1 unspecified atom stereocenters. The van der Waals surface area contributed by atoms with Gasteiger partial charge in [-0.15, -0.1) is 10.2 Å². The maximum atomic E-state index is 11.9. The van der Waals surface area contributed by atoms with Gasteiger partial charge in [0.25, 0.3) is 0 Å². The topological polar surface area (TPSA) is 66.6 Å². The highest BCUT2D eigenvalue weighted by molar-refractivity contribution is 5.78. The average molecular weight is 314 g/mol. The molecule has 1 amide bonds. The summed E-state index contributed by atoms with van der Waals surface area (Å²) in [6.45, 7) is 4.53. The van der Waals surface area contributed by atoms with Gasteiger partial charge in [-0.25, -0.2) is 0 Å². The van der Waals surface area contributed by atoms with Crippen LogP contribution in [-0.2, 0) is 4.79 Å². The summed E-state index contributed by atoms with van der Waals surface area (Å²) >= 11 is 0. The van der Waals surface area contributed by atoms with E-state index in [1.54, 1.807) is 10.8 Å². The summed E-state index contributed by atoms with van der Waals surface area (Å²) in [6.07, 6.45) is 4.73. The van der Waals surface area contributed by atoms with Gasteiger partial charge < -0.3 is 9.80 Å². The number of fused-ring (bicyclic) bond motifs is 1. The van der Waals surface area contributed by atoms with E-state index in [1.165, 1.54) is 12.8 Å². The molecule has 1 saturated carbocycles. The van der Waals surface area contributed by atoms with E-state index >= 15 is 0 Å². The minimum Gasteiger partial charge on any atom is -0.371 e. The fourth-order valence-corrected chi connectivity index (χ4v) is 3.46. The zero-order chi connectivity index (χ0) is 16.0. The van der Waals surface area contributed by atoms with Crippen LogP contribution in [0, 0.1) is 5.92 Å². The smallest absolute Gasteiger partial charge is 0.222 e. The minimum atomic E-state index is 0.270. The van der Waals surface area contributed by atoms with Gasteiger partial charge in [0.15, 0.2) is 0 Å². The maximum Gasteiger partial charge on any atom is 0.222 e. The molecule has 7 nitrogen and oxygen atoms in total. The van der Waals surface area contributed by atoms with Gasteiger partial charge in [0.2, 0.25) is 11.6 Å². The second-order valence-corrected chi connectivity index (χ2v) is 6.71. The van der Waals surface area contributed by atoms with Crippen molar-refractivity contribution in [2.45, 2.75) is 32.1 Å². The third-order valence-electron chi connectivity index (χ3n) is 4.88. The Morgan fingerprint density at radius 2 is 2.22 bits per heavy atom. The molecule has 0 spiro atoms. The first-order chi connectivity index (χ1) is 11.2. The van der Waals surface area contributed by atoms with Gasteiger partial charge in [0.05, 0.1) is 11.4 Å². The van der Waals surface area contributed by atoms with Gasteiger partial charge >= 0.3 is 0 Å². The van der Waals surface area contributed by atoms with E-state index in [0.29, 0.717) is 18.3 Å². The molecule has 3 heterocycles. The van der Waals surface area contributed by atoms with Crippen molar-refractivity contribution in [3.8, 4) is 0 Å². The number of rotatable bonds is 5. The number of hydrogen-bond acceptors (Lipinski definition) is 5. The quantitative estimate of drug-likeness (QED) is 0.832. The van der Waals surface area contributed by atoms with Crippen LogP contribution in [-0.4, -0.2) is 57.3 Å². The summed E-state index contributed by atoms with van der Waals surface area (Å²) in [7, 11) is 2.07. The van der Waals surface area contributed by atoms with Crippen LogP contribution in [0.5, 0.6) is 0 Å². The van der Waals surface area contributed by atoms with E-state index in [4.69, 9.17) is 0 Å². The molecule has 2 aromatic heterocycles. The molecule has 1 aliphatic carbocycles. The Bertz CT molecular complexity index is 737. The monoisotopic (exact) mass is 314 g/mol. The Labute approximate surface area is 135 Å². The Hall–Kier alpha value is -2.18. The highest BCUT2D eigenvalue weighted by Gasteiger charge is 2.31. The van der Waals surface area contributed by atoms with Crippen LogP contribution in [0.3, 0.4) is 0 Å². The maximum absolute atomic E-state index is 11.9. The normalized spacial score (nSPS) is 21.4. The van der Waals surface area contributed by atoms with Crippen molar-refractivity contribution < 1.29 is 4.79 Å². The number of carbonyl (C=O) groups is 1. The molecule has 23 heavy (non-hydrogen) atoms. The Morgan fingerprint density at radius 3 is 2.91 bits per heavy atom. The molecule has 0 N–H and O–H groups in total. The molecule has 2 aromatic rings. The Kier molecular flexibility index (Phi) is 3.43. The average Bonchev–Trinajstić information content (AvgIpc) is 3.18. The summed E-state index contributed by atoms with van der Waals surface area (Å²) in [5.74, 6) is 1.22. The van der Waals surface area contributed by atoms with Crippen molar-refractivity contribution in [2.75, 3.05) is 31.6 Å². The van der Waals surface area contributed by atoms with Gasteiger partial charge in [0.1, 0.15) is 6.33 Å². The largest absolute Gasteiger partial charge is 0.371 e. The lowest BCUT2D eigenvalue weighted by Gasteiger charge is -2.23. The van der Waals surface area contributed by atoms with E-state index in [1.807, 2.05) is 11.8 Å². The van der Waals surface area contributed by atoms with Crippen molar-refractivity contribution >= 4 is 17.2 Å². The van der Waals surface area contributed by atoms with Gasteiger partial charge in [-0.3, -0.25) is 4.79 Å². The SMILES string of the molecule is CCN1CC(CN(C)c2cc(C3CC3)nn3cnnc23)CC1=O. The highest BCUT2D eigenvalue weighted by atomic mass is 16.2. The molecule has 1 atom stereocenters. The number of carbonyl (C=O) groups excluding carboxylic acids is 1. The number of anilines is 1. The van der Waals surface area contributed by atoms with Crippen LogP contribution in [0.4, 0.5) is 5.69 Å². The van der Waals surface area contributed by atoms with Gasteiger partial charge in [-0.05, 0) is 25.8 Å². The zero-order valence-electron chi connectivity index (χ0n) is 13.6. The standard InChI is InChI=1S/C16H22N6O/c1-3-21-9-11(6-15(21)23)8-20(2)14-7-13(12-4-5-12)19-22-10-17-18-16(14)22/h7,10-12H,3-6,8-9H2,1-2H3. The van der Waals surface area contributed by atoms with Gasteiger partial charge in [0, 0.05) is 44.9 Å². The van der Waals surface area contributed by atoms with Crippen molar-refractivity contribution in [1.29, 1.82) is 0 Å². The predicted molar refractivity (Wildman–Crippen MR) is 86.4 cm³/mol. The van der Waals surface area contributed by atoms with Crippen LogP contribution >= 0.6 is 0 Å².